The lowest BCUT2D eigenvalue weighted by molar-refractivity contribution is -0.114. The van der Waals surface area contributed by atoms with Gasteiger partial charge in [0.15, 0.2) is 0 Å². The van der Waals surface area contributed by atoms with Crippen LogP contribution in [0.5, 0.6) is 0 Å². The minimum Gasteiger partial charge on any atom is -0.399 e. The van der Waals surface area contributed by atoms with Crippen molar-refractivity contribution in [3.8, 4) is 0 Å². The van der Waals surface area contributed by atoms with Crippen LogP contribution < -0.4 is 10.6 Å². The minimum atomic E-state index is 0.00914. The zero-order chi connectivity index (χ0) is 14.8. The lowest BCUT2D eigenvalue weighted by atomic mass is 10.1. The first-order valence-corrected chi connectivity index (χ1v) is 7.10. The predicted molar refractivity (Wildman–Crippen MR) is 87.0 cm³/mol. The SMILES string of the molecule is CC1Cc2ccccc2N1C(=O)/C=C/c1cccc(N)c1. The normalized spacial score (nSPS) is 17.2. The molecule has 0 spiro atoms. The maximum Gasteiger partial charge on any atom is 0.251 e. The molecule has 3 rings (SSSR count). The summed E-state index contributed by atoms with van der Waals surface area (Å²) in [5.41, 5.74) is 9.63. The summed E-state index contributed by atoms with van der Waals surface area (Å²) in [6.45, 7) is 2.08. The Morgan fingerprint density at radius 3 is 2.86 bits per heavy atom. The van der Waals surface area contributed by atoms with Gasteiger partial charge in [0.2, 0.25) is 0 Å². The zero-order valence-electron chi connectivity index (χ0n) is 12.0. The highest BCUT2D eigenvalue weighted by molar-refractivity contribution is 6.05. The van der Waals surface area contributed by atoms with E-state index in [2.05, 4.69) is 13.0 Å². The Balaban J connectivity index is 1.83. The van der Waals surface area contributed by atoms with E-state index < -0.39 is 0 Å². The van der Waals surface area contributed by atoms with Crippen molar-refractivity contribution < 1.29 is 4.79 Å². The number of amides is 1. The molecule has 106 valence electrons. The van der Waals surface area contributed by atoms with Crippen LogP contribution in [-0.4, -0.2) is 11.9 Å². The number of carbonyl (C=O) groups is 1. The van der Waals surface area contributed by atoms with E-state index in [1.807, 2.05) is 53.4 Å². The molecular weight excluding hydrogens is 260 g/mol. The number of benzene rings is 2. The summed E-state index contributed by atoms with van der Waals surface area (Å²) in [6.07, 6.45) is 4.34. The number of rotatable bonds is 2. The zero-order valence-corrected chi connectivity index (χ0v) is 12.0. The fourth-order valence-electron chi connectivity index (χ4n) is 2.81. The average molecular weight is 278 g/mol. The van der Waals surface area contributed by atoms with Crippen LogP contribution in [0.3, 0.4) is 0 Å². The van der Waals surface area contributed by atoms with Crippen molar-refractivity contribution in [3.05, 3.63) is 65.7 Å². The van der Waals surface area contributed by atoms with Gasteiger partial charge in [0.05, 0.1) is 0 Å². The van der Waals surface area contributed by atoms with Gasteiger partial charge in [-0.3, -0.25) is 4.79 Å². The van der Waals surface area contributed by atoms with Crippen molar-refractivity contribution in [2.75, 3.05) is 10.6 Å². The van der Waals surface area contributed by atoms with Crippen molar-refractivity contribution in [2.45, 2.75) is 19.4 Å². The number of fused-ring (bicyclic) bond motifs is 1. The number of anilines is 2. The van der Waals surface area contributed by atoms with E-state index in [4.69, 9.17) is 5.73 Å². The summed E-state index contributed by atoms with van der Waals surface area (Å²) in [5, 5.41) is 0. The molecule has 1 aliphatic rings. The molecule has 0 saturated heterocycles. The maximum absolute atomic E-state index is 12.5. The first kappa shape index (κ1) is 13.4. The second-order valence-electron chi connectivity index (χ2n) is 5.39. The van der Waals surface area contributed by atoms with Crippen LogP contribution in [0.4, 0.5) is 11.4 Å². The molecule has 3 heteroatoms. The molecule has 3 nitrogen and oxygen atoms in total. The van der Waals surface area contributed by atoms with Gasteiger partial charge in [-0.05, 0) is 48.7 Å². The van der Waals surface area contributed by atoms with Crippen LogP contribution in [0.15, 0.2) is 54.6 Å². The number of nitrogens with two attached hydrogens (primary N) is 1. The number of nitrogen functional groups attached to an aromatic ring is 1. The van der Waals surface area contributed by atoms with Crippen molar-refractivity contribution in [2.24, 2.45) is 0 Å². The smallest absolute Gasteiger partial charge is 0.251 e. The molecule has 21 heavy (non-hydrogen) atoms. The second kappa shape index (κ2) is 5.44. The molecular formula is C18H18N2O. The van der Waals surface area contributed by atoms with Gasteiger partial charge in [0.25, 0.3) is 5.91 Å². The van der Waals surface area contributed by atoms with E-state index in [0.717, 1.165) is 17.7 Å². The van der Waals surface area contributed by atoms with Gasteiger partial charge in [-0.2, -0.15) is 0 Å². The predicted octanol–water partition coefficient (Wildman–Crippen LogP) is 3.26. The van der Waals surface area contributed by atoms with E-state index in [9.17, 15) is 4.79 Å². The lowest BCUT2D eigenvalue weighted by Gasteiger charge is -2.20. The quantitative estimate of drug-likeness (QED) is 0.677. The molecule has 2 aromatic carbocycles. The van der Waals surface area contributed by atoms with Gasteiger partial charge >= 0.3 is 0 Å². The van der Waals surface area contributed by atoms with Crippen LogP contribution in [-0.2, 0) is 11.2 Å². The van der Waals surface area contributed by atoms with E-state index in [1.54, 1.807) is 6.08 Å². The largest absolute Gasteiger partial charge is 0.399 e. The highest BCUT2D eigenvalue weighted by Crippen LogP contribution is 2.31. The highest BCUT2D eigenvalue weighted by atomic mass is 16.2. The van der Waals surface area contributed by atoms with Gasteiger partial charge in [-0.15, -0.1) is 0 Å². The Labute approximate surface area is 124 Å². The molecule has 0 radical (unpaired) electrons. The summed E-state index contributed by atoms with van der Waals surface area (Å²) in [4.78, 5) is 14.3. The number of para-hydroxylation sites is 1. The molecule has 1 unspecified atom stereocenters. The molecule has 0 saturated carbocycles. The molecule has 0 fully saturated rings. The van der Waals surface area contributed by atoms with Crippen molar-refractivity contribution >= 4 is 23.4 Å². The summed E-state index contributed by atoms with van der Waals surface area (Å²) in [7, 11) is 0. The molecule has 1 aliphatic heterocycles. The van der Waals surface area contributed by atoms with Crippen molar-refractivity contribution in [3.63, 3.8) is 0 Å². The summed E-state index contributed by atoms with van der Waals surface area (Å²) >= 11 is 0. The number of hydrogen-bond acceptors (Lipinski definition) is 2. The Hall–Kier alpha value is -2.55. The van der Waals surface area contributed by atoms with Crippen LogP contribution in [0, 0.1) is 0 Å². The fraction of sp³-hybridized carbons (Fsp3) is 0.167. The van der Waals surface area contributed by atoms with Gasteiger partial charge in [-0.1, -0.05) is 30.3 Å². The minimum absolute atomic E-state index is 0.00914. The Kier molecular flexibility index (Phi) is 3.48. The third-order valence-electron chi connectivity index (χ3n) is 3.77. The molecule has 0 aromatic heterocycles. The van der Waals surface area contributed by atoms with Crippen LogP contribution in [0.25, 0.3) is 6.08 Å². The van der Waals surface area contributed by atoms with Crippen molar-refractivity contribution in [1.29, 1.82) is 0 Å². The van der Waals surface area contributed by atoms with Crippen LogP contribution in [0.2, 0.25) is 0 Å². The van der Waals surface area contributed by atoms with Crippen molar-refractivity contribution in [1.82, 2.24) is 0 Å². The molecule has 1 heterocycles. The number of hydrogen-bond donors (Lipinski definition) is 1. The third kappa shape index (κ3) is 2.68. The van der Waals surface area contributed by atoms with Crippen LogP contribution >= 0.6 is 0 Å². The van der Waals surface area contributed by atoms with Gasteiger partial charge in [-0.25, -0.2) is 0 Å². The van der Waals surface area contributed by atoms with Crippen LogP contribution in [0.1, 0.15) is 18.1 Å². The van der Waals surface area contributed by atoms with E-state index in [0.29, 0.717) is 5.69 Å². The first-order valence-electron chi connectivity index (χ1n) is 7.10. The van der Waals surface area contributed by atoms with Gasteiger partial charge < -0.3 is 10.6 Å². The molecule has 0 aliphatic carbocycles. The van der Waals surface area contributed by atoms with E-state index in [1.165, 1.54) is 5.56 Å². The topological polar surface area (TPSA) is 46.3 Å². The second-order valence-corrected chi connectivity index (χ2v) is 5.39. The maximum atomic E-state index is 12.5. The van der Waals surface area contributed by atoms with E-state index in [-0.39, 0.29) is 11.9 Å². The summed E-state index contributed by atoms with van der Waals surface area (Å²) in [6, 6.07) is 15.8. The fourth-order valence-corrected chi connectivity index (χ4v) is 2.81. The third-order valence-corrected chi connectivity index (χ3v) is 3.77. The molecule has 2 aromatic rings. The van der Waals surface area contributed by atoms with Gasteiger partial charge in [0.1, 0.15) is 0 Å². The summed E-state index contributed by atoms with van der Waals surface area (Å²) in [5.74, 6) is 0.00914. The molecule has 0 bridgehead atoms. The first-order chi connectivity index (χ1) is 10.1. The highest BCUT2D eigenvalue weighted by Gasteiger charge is 2.28. The monoisotopic (exact) mass is 278 g/mol. The average Bonchev–Trinajstić information content (AvgIpc) is 2.81. The molecule has 2 N–H and O–H groups in total. The Morgan fingerprint density at radius 1 is 1.24 bits per heavy atom. The van der Waals surface area contributed by atoms with E-state index >= 15 is 0 Å². The molecule has 1 atom stereocenters. The number of carbonyl (C=O) groups excluding carboxylic acids is 1. The summed E-state index contributed by atoms with van der Waals surface area (Å²) < 4.78 is 0. The standard InChI is InChI=1S/C18H18N2O/c1-13-11-15-6-2-3-8-17(15)20(13)18(21)10-9-14-5-4-7-16(19)12-14/h2-10,12-13H,11,19H2,1H3/b10-9+. The van der Waals surface area contributed by atoms with Gasteiger partial charge in [0, 0.05) is 23.5 Å². The number of nitrogens with zero attached hydrogens (tertiary/aromatic N) is 1. The molecule has 1 amide bonds. The Morgan fingerprint density at radius 2 is 2.05 bits per heavy atom. The Bertz CT molecular complexity index is 706. The lowest BCUT2D eigenvalue weighted by Crippen LogP contribution is -2.34.